The average Bonchev–Trinajstić information content (AvgIpc) is 3.04. The van der Waals surface area contributed by atoms with E-state index in [-0.39, 0.29) is 6.03 Å². The number of nitrogens with one attached hydrogen (secondary N) is 1. The standard InChI is InChI=1S/C23H28N4O/c1-18-25-21-9-5-6-10-22(21)27(18)16-13-24-23(28)26-14-11-20(12-15-26)17-19-7-3-2-4-8-19/h2-10,20H,11-17H2,1H3,(H,24,28). The summed E-state index contributed by atoms with van der Waals surface area (Å²) in [7, 11) is 0. The van der Waals surface area contributed by atoms with Crippen molar-refractivity contribution in [3.8, 4) is 0 Å². The molecule has 0 bridgehead atoms. The fourth-order valence-electron chi connectivity index (χ4n) is 4.15. The maximum Gasteiger partial charge on any atom is 0.317 e. The van der Waals surface area contributed by atoms with Crippen molar-refractivity contribution in [2.45, 2.75) is 32.7 Å². The predicted molar refractivity (Wildman–Crippen MR) is 112 cm³/mol. The first-order valence-electron chi connectivity index (χ1n) is 10.2. The second-order valence-electron chi connectivity index (χ2n) is 7.65. The van der Waals surface area contributed by atoms with Crippen molar-refractivity contribution in [3.63, 3.8) is 0 Å². The second kappa shape index (κ2) is 8.46. The van der Waals surface area contributed by atoms with Crippen molar-refractivity contribution >= 4 is 17.1 Å². The highest BCUT2D eigenvalue weighted by Crippen LogP contribution is 2.21. The van der Waals surface area contributed by atoms with Crippen molar-refractivity contribution in [2.24, 2.45) is 5.92 Å². The van der Waals surface area contributed by atoms with Gasteiger partial charge in [-0.2, -0.15) is 0 Å². The molecule has 1 aliphatic rings. The van der Waals surface area contributed by atoms with E-state index in [1.165, 1.54) is 5.56 Å². The minimum absolute atomic E-state index is 0.0558. The molecule has 0 aliphatic carbocycles. The number of amides is 2. The van der Waals surface area contributed by atoms with Gasteiger partial charge in [0.2, 0.25) is 0 Å². The molecule has 5 heteroatoms. The number of aromatic nitrogens is 2. The topological polar surface area (TPSA) is 50.2 Å². The summed E-state index contributed by atoms with van der Waals surface area (Å²) in [6, 6.07) is 18.8. The van der Waals surface area contributed by atoms with Crippen LogP contribution in [-0.2, 0) is 13.0 Å². The third-order valence-corrected chi connectivity index (χ3v) is 5.73. The second-order valence-corrected chi connectivity index (χ2v) is 7.65. The van der Waals surface area contributed by atoms with Gasteiger partial charge in [-0.3, -0.25) is 0 Å². The lowest BCUT2D eigenvalue weighted by Crippen LogP contribution is -2.45. The number of para-hydroxylation sites is 2. The molecule has 5 nitrogen and oxygen atoms in total. The number of carbonyl (C=O) groups excluding carboxylic acids is 1. The summed E-state index contributed by atoms with van der Waals surface area (Å²) in [5.74, 6) is 1.66. The summed E-state index contributed by atoms with van der Waals surface area (Å²) < 4.78 is 2.17. The molecule has 0 atom stereocenters. The Labute approximate surface area is 166 Å². The van der Waals surface area contributed by atoms with E-state index >= 15 is 0 Å². The monoisotopic (exact) mass is 376 g/mol. The van der Waals surface area contributed by atoms with E-state index < -0.39 is 0 Å². The van der Waals surface area contributed by atoms with E-state index in [1.54, 1.807) is 0 Å². The van der Waals surface area contributed by atoms with Crippen molar-refractivity contribution < 1.29 is 4.79 Å². The van der Waals surface area contributed by atoms with E-state index in [0.717, 1.165) is 55.8 Å². The molecule has 1 N–H and O–H groups in total. The largest absolute Gasteiger partial charge is 0.336 e. The molecule has 28 heavy (non-hydrogen) atoms. The lowest BCUT2D eigenvalue weighted by Gasteiger charge is -2.32. The number of imidazole rings is 1. The third kappa shape index (κ3) is 4.19. The van der Waals surface area contributed by atoms with E-state index in [1.807, 2.05) is 30.0 Å². The maximum absolute atomic E-state index is 12.5. The van der Waals surface area contributed by atoms with Gasteiger partial charge >= 0.3 is 6.03 Å². The van der Waals surface area contributed by atoms with Crippen LogP contribution in [-0.4, -0.2) is 40.1 Å². The van der Waals surface area contributed by atoms with Gasteiger partial charge in [0.15, 0.2) is 0 Å². The Morgan fingerprint density at radius 3 is 2.57 bits per heavy atom. The summed E-state index contributed by atoms with van der Waals surface area (Å²) in [6.45, 7) is 5.05. The Hall–Kier alpha value is -2.82. The highest BCUT2D eigenvalue weighted by molar-refractivity contribution is 5.76. The molecule has 3 aromatic rings. The highest BCUT2D eigenvalue weighted by Gasteiger charge is 2.22. The van der Waals surface area contributed by atoms with Crippen LogP contribution in [0.25, 0.3) is 11.0 Å². The molecule has 2 amide bonds. The molecular weight excluding hydrogens is 348 g/mol. The lowest BCUT2D eigenvalue weighted by molar-refractivity contribution is 0.170. The van der Waals surface area contributed by atoms with Crippen LogP contribution in [0.15, 0.2) is 54.6 Å². The Bertz CT molecular complexity index is 926. The van der Waals surface area contributed by atoms with E-state index in [4.69, 9.17) is 0 Å². The molecule has 0 unspecified atom stereocenters. The van der Waals surface area contributed by atoms with Crippen LogP contribution in [0, 0.1) is 12.8 Å². The number of likely N-dealkylation sites (tertiary alicyclic amines) is 1. The molecule has 2 aromatic carbocycles. The fourth-order valence-corrected chi connectivity index (χ4v) is 4.15. The number of hydrogen-bond acceptors (Lipinski definition) is 2. The Morgan fingerprint density at radius 1 is 1.07 bits per heavy atom. The van der Waals surface area contributed by atoms with Crippen molar-refractivity contribution in [3.05, 3.63) is 66.0 Å². The Morgan fingerprint density at radius 2 is 1.79 bits per heavy atom. The molecule has 0 spiro atoms. The Balaban J connectivity index is 1.24. The first-order chi connectivity index (χ1) is 13.7. The van der Waals surface area contributed by atoms with Gasteiger partial charge in [-0.1, -0.05) is 42.5 Å². The zero-order chi connectivity index (χ0) is 19.3. The smallest absolute Gasteiger partial charge is 0.317 e. The van der Waals surface area contributed by atoms with Gasteiger partial charge in [0.25, 0.3) is 0 Å². The fraction of sp³-hybridized carbons (Fsp3) is 0.391. The van der Waals surface area contributed by atoms with Gasteiger partial charge in [0.05, 0.1) is 11.0 Å². The van der Waals surface area contributed by atoms with E-state index in [0.29, 0.717) is 12.5 Å². The number of hydrogen-bond donors (Lipinski definition) is 1. The Kier molecular flexibility index (Phi) is 5.60. The molecule has 4 rings (SSSR count). The molecule has 0 radical (unpaired) electrons. The maximum atomic E-state index is 12.5. The van der Waals surface area contributed by atoms with Gasteiger partial charge in [-0.15, -0.1) is 0 Å². The number of rotatable bonds is 5. The molecule has 1 saturated heterocycles. The molecular formula is C23H28N4O. The number of piperidine rings is 1. The van der Waals surface area contributed by atoms with Gasteiger partial charge in [0.1, 0.15) is 5.82 Å². The molecule has 146 valence electrons. The van der Waals surface area contributed by atoms with Crippen LogP contribution in [0.3, 0.4) is 0 Å². The number of benzene rings is 2. The third-order valence-electron chi connectivity index (χ3n) is 5.73. The van der Waals surface area contributed by atoms with Crippen LogP contribution in [0.5, 0.6) is 0 Å². The van der Waals surface area contributed by atoms with E-state index in [2.05, 4.69) is 51.3 Å². The normalized spacial score (nSPS) is 15.1. The first kappa shape index (κ1) is 18.5. The van der Waals surface area contributed by atoms with Gasteiger partial charge in [-0.25, -0.2) is 9.78 Å². The van der Waals surface area contributed by atoms with Crippen molar-refractivity contribution in [1.82, 2.24) is 19.8 Å². The zero-order valence-electron chi connectivity index (χ0n) is 16.5. The molecule has 2 heterocycles. The number of carbonyl (C=O) groups is 1. The van der Waals surface area contributed by atoms with Crippen molar-refractivity contribution in [1.29, 1.82) is 0 Å². The average molecular weight is 377 g/mol. The van der Waals surface area contributed by atoms with Crippen LogP contribution in [0.4, 0.5) is 4.79 Å². The predicted octanol–water partition coefficient (Wildman–Crippen LogP) is 4.01. The van der Waals surface area contributed by atoms with Gasteiger partial charge in [0, 0.05) is 26.2 Å². The summed E-state index contributed by atoms with van der Waals surface area (Å²) in [5, 5.41) is 3.09. The van der Waals surface area contributed by atoms with Crippen LogP contribution in [0.2, 0.25) is 0 Å². The molecule has 1 aromatic heterocycles. The quantitative estimate of drug-likeness (QED) is 0.731. The van der Waals surface area contributed by atoms with Crippen LogP contribution >= 0.6 is 0 Å². The first-order valence-corrected chi connectivity index (χ1v) is 10.2. The molecule has 1 fully saturated rings. The zero-order valence-corrected chi connectivity index (χ0v) is 16.5. The lowest BCUT2D eigenvalue weighted by atomic mass is 9.90. The highest BCUT2D eigenvalue weighted by atomic mass is 16.2. The summed E-state index contributed by atoms with van der Waals surface area (Å²) in [5.41, 5.74) is 3.52. The number of fused-ring (bicyclic) bond motifs is 1. The summed E-state index contributed by atoms with van der Waals surface area (Å²) in [4.78, 5) is 19.1. The minimum Gasteiger partial charge on any atom is -0.336 e. The minimum atomic E-state index is 0.0558. The summed E-state index contributed by atoms with van der Waals surface area (Å²) in [6.07, 6.45) is 3.27. The molecule has 1 aliphatic heterocycles. The summed E-state index contributed by atoms with van der Waals surface area (Å²) >= 11 is 0. The van der Waals surface area contributed by atoms with Gasteiger partial charge < -0.3 is 14.8 Å². The molecule has 0 saturated carbocycles. The van der Waals surface area contributed by atoms with Crippen LogP contribution in [0.1, 0.15) is 24.2 Å². The number of aryl methyl sites for hydroxylation is 1. The number of urea groups is 1. The van der Waals surface area contributed by atoms with E-state index in [9.17, 15) is 4.79 Å². The van der Waals surface area contributed by atoms with Gasteiger partial charge in [-0.05, 0) is 49.8 Å². The SMILES string of the molecule is Cc1nc2ccccc2n1CCNC(=O)N1CCC(Cc2ccccc2)CC1. The number of nitrogens with zero attached hydrogens (tertiary/aromatic N) is 3. The van der Waals surface area contributed by atoms with Crippen LogP contribution < -0.4 is 5.32 Å². The van der Waals surface area contributed by atoms with Crippen molar-refractivity contribution in [2.75, 3.05) is 19.6 Å².